The van der Waals surface area contributed by atoms with Crippen LogP contribution in [-0.2, 0) is 0 Å². The molecular formula is C24H16O3. The standard InChI is InChI=1S/C24H16O3/c25-21(16-11-5-2-6-12-16)20-19(15-9-3-1-4-10-15)24(20)22(26)17-13-7-8-14-18(17)23(24)27/h1-14,19-20H/t19-,20-/m0/s1. The second kappa shape index (κ2) is 5.58. The van der Waals surface area contributed by atoms with Gasteiger partial charge in [0.05, 0.1) is 5.92 Å². The Morgan fingerprint density at radius 1 is 0.667 bits per heavy atom. The van der Waals surface area contributed by atoms with E-state index in [0.29, 0.717) is 16.7 Å². The van der Waals surface area contributed by atoms with E-state index in [1.165, 1.54) is 0 Å². The third-order valence-corrected chi connectivity index (χ3v) is 5.87. The lowest BCUT2D eigenvalue weighted by atomic mass is 9.91. The lowest BCUT2D eigenvalue weighted by Gasteiger charge is -2.06. The molecule has 2 atom stereocenters. The van der Waals surface area contributed by atoms with E-state index >= 15 is 0 Å². The van der Waals surface area contributed by atoms with Crippen LogP contribution in [0, 0.1) is 11.3 Å². The van der Waals surface area contributed by atoms with E-state index < -0.39 is 17.3 Å². The maximum absolute atomic E-state index is 13.3. The van der Waals surface area contributed by atoms with E-state index in [1.807, 2.05) is 36.4 Å². The number of Topliss-reactive ketones (excluding diaryl/α,β-unsaturated/α-hetero) is 3. The van der Waals surface area contributed by atoms with Crippen LogP contribution in [0.1, 0.15) is 42.6 Å². The molecule has 0 N–H and O–H groups in total. The molecule has 0 bridgehead atoms. The minimum absolute atomic E-state index is 0.140. The van der Waals surface area contributed by atoms with Crippen LogP contribution in [0.2, 0.25) is 0 Å². The Hall–Kier alpha value is -3.33. The highest BCUT2D eigenvalue weighted by Gasteiger charge is 2.78. The van der Waals surface area contributed by atoms with Crippen molar-refractivity contribution in [1.29, 1.82) is 0 Å². The highest BCUT2D eigenvalue weighted by atomic mass is 16.2. The second-order valence-corrected chi connectivity index (χ2v) is 7.17. The quantitative estimate of drug-likeness (QED) is 0.520. The smallest absolute Gasteiger partial charge is 0.178 e. The van der Waals surface area contributed by atoms with Gasteiger partial charge in [-0.1, -0.05) is 84.9 Å². The van der Waals surface area contributed by atoms with Crippen molar-refractivity contribution >= 4 is 17.3 Å². The molecule has 0 aromatic heterocycles. The van der Waals surface area contributed by atoms with E-state index in [4.69, 9.17) is 0 Å². The van der Waals surface area contributed by atoms with Crippen LogP contribution >= 0.6 is 0 Å². The monoisotopic (exact) mass is 352 g/mol. The Morgan fingerprint density at radius 3 is 1.70 bits per heavy atom. The third-order valence-electron chi connectivity index (χ3n) is 5.87. The van der Waals surface area contributed by atoms with Crippen LogP contribution in [0.4, 0.5) is 0 Å². The number of rotatable bonds is 3. The summed E-state index contributed by atoms with van der Waals surface area (Å²) in [5.74, 6) is -1.65. The van der Waals surface area contributed by atoms with E-state index in [9.17, 15) is 14.4 Å². The molecule has 3 nitrogen and oxygen atoms in total. The van der Waals surface area contributed by atoms with Gasteiger partial charge in [0.15, 0.2) is 17.3 Å². The topological polar surface area (TPSA) is 51.2 Å². The van der Waals surface area contributed by atoms with Gasteiger partial charge < -0.3 is 0 Å². The molecule has 0 aliphatic heterocycles. The molecule has 0 amide bonds. The number of carbonyl (C=O) groups excluding carboxylic acids is 3. The SMILES string of the molecule is O=C(c1ccccc1)[C@@H]1[C@H](c2ccccc2)C12C(=O)c1ccccc1C2=O. The van der Waals surface area contributed by atoms with Crippen molar-refractivity contribution in [1.82, 2.24) is 0 Å². The number of hydrogen-bond acceptors (Lipinski definition) is 3. The first kappa shape index (κ1) is 15.9. The van der Waals surface area contributed by atoms with Crippen LogP contribution < -0.4 is 0 Å². The molecule has 0 heterocycles. The Kier molecular flexibility index (Phi) is 3.28. The molecule has 2 aliphatic rings. The van der Waals surface area contributed by atoms with Crippen molar-refractivity contribution in [2.45, 2.75) is 5.92 Å². The van der Waals surface area contributed by atoms with Crippen molar-refractivity contribution < 1.29 is 14.4 Å². The van der Waals surface area contributed by atoms with Crippen molar-refractivity contribution in [3.63, 3.8) is 0 Å². The Morgan fingerprint density at radius 2 is 1.15 bits per heavy atom. The van der Waals surface area contributed by atoms with Crippen LogP contribution in [-0.4, -0.2) is 17.3 Å². The summed E-state index contributed by atoms with van der Waals surface area (Å²) in [4.78, 5) is 40.0. The Bertz CT molecular complexity index is 1050. The molecule has 3 aromatic carbocycles. The average Bonchev–Trinajstić information content (AvgIpc) is 3.39. The summed E-state index contributed by atoms with van der Waals surface area (Å²) in [6.07, 6.45) is 0. The van der Waals surface area contributed by atoms with E-state index in [1.54, 1.807) is 48.5 Å². The van der Waals surface area contributed by atoms with Crippen LogP contribution in [0.15, 0.2) is 84.9 Å². The fourth-order valence-corrected chi connectivity index (χ4v) is 4.64. The summed E-state index contributed by atoms with van der Waals surface area (Å²) in [7, 11) is 0. The summed E-state index contributed by atoms with van der Waals surface area (Å²) in [5, 5.41) is 0. The summed E-state index contributed by atoms with van der Waals surface area (Å²) in [6, 6.07) is 25.3. The van der Waals surface area contributed by atoms with Crippen molar-refractivity contribution in [2.75, 3.05) is 0 Å². The fraction of sp³-hybridized carbons (Fsp3) is 0.125. The zero-order chi connectivity index (χ0) is 18.6. The second-order valence-electron chi connectivity index (χ2n) is 7.17. The van der Waals surface area contributed by atoms with E-state index in [-0.39, 0.29) is 17.3 Å². The van der Waals surface area contributed by atoms with Gasteiger partial charge in [0.2, 0.25) is 0 Å². The maximum atomic E-state index is 13.3. The normalized spacial score (nSPS) is 21.9. The minimum Gasteiger partial charge on any atom is -0.294 e. The first-order valence-corrected chi connectivity index (χ1v) is 9.00. The molecule has 130 valence electrons. The Labute approximate surface area is 156 Å². The number of benzene rings is 3. The Balaban J connectivity index is 1.67. The molecule has 0 saturated heterocycles. The lowest BCUT2D eigenvalue weighted by molar-refractivity contribution is 0.0764. The molecule has 0 radical (unpaired) electrons. The summed E-state index contributed by atoms with van der Waals surface area (Å²) >= 11 is 0. The van der Waals surface area contributed by atoms with Crippen LogP contribution in [0.5, 0.6) is 0 Å². The van der Waals surface area contributed by atoms with Gasteiger partial charge in [-0.05, 0) is 5.56 Å². The number of fused-ring (bicyclic) bond motifs is 1. The van der Waals surface area contributed by atoms with E-state index in [0.717, 1.165) is 5.56 Å². The molecule has 27 heavy (non-hydrogen) atoms. The lowest BCUT2D eigenvalue weighted by Crippen LogP contribution is -2.23. The minimum atomic E-state index is -1.29. The summed E-state index contributed by atoms with van der Waals surface area (Å²) in [5.41, 5.74) is 0.981. The van der Waals surface area contributed by atoms with Gasteiger partial charge in [0, 0.05) is 22.6 Å². The molecule has 3 heteroatoms. The van der Waals surface area contributed by atoms with Gasteiger partial charge in [-0.3, -0.25) is 14.4 Å². The first-order chi connectivity index (χ1) is 13.2. The van der Waals surface area contributed by atoms with Gasteiger partial charge in [-0.25, -0.2) is 0 Å². The average molecular weight is 352 g/mol. The molecule has 3 aromatic rings. The molecule has 5 rings (SSSR count). The first-order valence-electron chi connectivity index (χ1n) is 9.00. The molecule has 1 fully saturated rings. The highest BCUT2D eigenvalue weighted by Crippen LogP contribution is 2.70. The number of hydrogen-bond donors (Lipinski definition) is 0. The van der Waals surface area contributed by atoms with E-state index in [2.05, 4.69) is 0 Å². The zero-order valence-corrected chi connectivity index (χ0v) is 14.5. The van der Waals surface area contributed by atoms with Gasteiger partial charge in [0.25, 0.3) is 0 Å². The molecule has 1 saturated carbocycles. The fourth-order valence-electron chi connectivity index (χ4n) is 4.64. The molecule has 2 aliphatic carbocycles. The zero-order valence-electron chi connectivity index (χ0n) is 14.5. The summed E-state index contributed by atoms with van der Waals surface area (Å²) in [6.45, 7) is 0. The van der Waals surface area contributed by atoms with Crippen LogP contribution in [0.25, 0.3) is 0 Å². The van der Waals surface area contributed by atoms with Crippen molar-refractivity contribution in [3.05, 3.63) is 107 Å². The van der Waals surface area contributed by atoms with Crippen molar-refractivity contribution in [3.8, 4) is 0 Å². The predicted octanol–water partition coefficient (Wildman–Crippen LogP) is 4.35. The van der Waals surface area contributed by atoms with Gasteiger partial charge in [-0.15, -0.1) is 0 Å². The third kappa shape index (κ3) is 2.00. The maximum Gasteiger partial charge on any atom is 0.178 e. The van der Waals surface area contributed by atoms with Crippen molar-refractivity contribution in [2.24, 2.45) is 11.3 Å². The predicted molar refractivity (Wildman–Crippen MR) is 101 cm³/mol. The van der Waals surface area contributed by atoms with Crippen LogP contribution in [0.3, 0.4) is 0 Å². The largest absolute Gasteiger partial charge is 0.294 e. The summed E-state index contributed by atoms with van der Waals surface area (Å²) < 4.78 is 0. The number of carbonyl (C=O) groups is 3. The van der Waals surface area contributed by atoms with Gasteiger partial charge in [0.1, 0.15) is 5.41 Å². The molecule has 0 unspecified atom stereocenters. The highest BCUT2D eigenvalue weighted by molar-refractivity contribution is 6.35. The van der Waals surface area contributed by atoms with Gasteiger partial charge in [-0.2, -0.15) is 0 Å². The van der Waals surface area contributed by atoms with Gasteiger partial charge >= 0.3 is 0 Å². The number of ketones is 3. The molecular weight excluding hydrogens is 336 g/mol. The molecule has 1 spiro atoms.